The lowest BCUT2D eigenvalue weighted by molar-refractivity contribution is -0.145. The Labute approximate surface area is 208 Å². The van der Waals surface area contributed by atoms with Gasteiger partial charge in [-0.3, -0.25) is 9.48 Å². The minimum Gasteiger partial charge on any atom is -0.373 e. The highest BCUT2D eigenvalue weighted by Gasteiger charge is 2.48. The molecule has 1 saturated heterocycles. The van der Waals surface area contributed by atoms with Crippen LogP contribution in [0.4, 0.5) is 19.1 Å². The van der Waals surface area contributed by atoms with Crippen molar-refractivity contribution in [3.63, 3.8) is 0 Å². The van der Waals surface area contributed by atoms with Crippen LogP contribution in [-0.2, 0) is 17.4 Å². The highest BCUT2D eigenvalue weighted by atomic mass is 19.4. The van der Waals surface area contributed by atoms with Crippen LogP contribution in [0.3, 0.4) is 0 Å². The van der Waals surface area contributed by atoms with Gasteiger partial charge in [-0.05, 0) is 18.2 Å². The lowest BCUT2D eigenvalue weighted by Gasteiger charge is -2.20. The number of likely N-dealkylation sites (N-methyl/N-ethyl adjacent to an activating group) is 1. The Balaban J connectivity index is 1.41. The second-order valence-electron chi connectivity index (χ2n) is 8.65. The first-order valence-electron chi connectivity index (χ1n) is 11.1. The summed E-state index contributed by atoms with van der Waals surface area (Å²) in [6.45, 7) is 0.374. The zero-order valence-corrected chi connectivity index (χ0v) is 19.6. The molecule has 2 N–H and O–H groups in total. The first-order chi connectivity index (χ1) is 17.5. The average molecular weight is 514 g/mol. The summed E-state index contributed by atoms with van der Waals surface area (Å²) in [4.78, 5) is 26.4. The Morgan fingerprint density at radius 2 is 1.86 bits per heavy atom. The maximum atomic E-state index is 13.7. The highest BCUT2D eigenvalue weighted by Crippen LogP contribution is 2.36. The lowest BCUT2D eigenvalue weighted by atomic mass is 9.98. The second kappa shape index (κ2) is 8.96. The third-order valence-corrected chi connectivity index (χ3v) is 6.02. The molecule has 5 heterocycles. The van der Waals surface area contributed by atoms with Gasteiger partial charge >= 0.3 is 6.18 Å². The summed E-state index contributed by atoms with van der Waals surface area (Å²) in [6.07, 6.45) is -0.745. The topological polar surface area (TPSA) is 135 Å². The van der Waals surface area contributed by atoms with Gasteiger partial charge in [0.05, 0.1) is 23.3 Å². The van der Waals surface area contributed by atoms with E-state index in [1.807, 2.05) is 0 Å². The molecule has 37 heavy (non-hydrogen) atoms. The molecule has 0 saturated carbocycles. The van der Waals surface area contributed by atoms with Gasteiger partial charge in [-0.1, -0.05) is 11.2 Å². The monoisotopic (exact) mass is 514 g/mol. The van der Waals surface area contributed by atoms with Crippen molar-refractivity contribution >= 4 is 11.9 Å². The molecule has 5 rings (SSSR count). The molecule has 1 unspecified atom stereocenters. The number of nitrogens with one attached hydrogen (secondary N) is 1. The van der Waals surface area contributed by atoms with E-state index in [2.05, 4.69) is 30.5 Å². The van der Waals surface area contributed by atoms with Crippen LogP contribution in [-0.4, -0.2) is 65.6 Å². The number of anilines is 1. The quantitative estimate of drug-likeness (QED) is 0.398. The summed E-state index contributed by atoms with van der Waals surface area (Å²) < 4.78 is 47.7. The third kappa shape index (κ3) is 4.62. The number of carbonyl (C=O) groups excluding carboxylic acids is 1. The van der Waals surface area contributed by atoms with Gasteiger partial charge in [0.2, 0.25) is 11.5 Å². The molecule has 0 radical (unpaired) electrons. The van der Waals surface area contributed by atoms with Crippen molar-refractivity contribution in [3.05, 3.63) is 60.2 Å². The number of aryl methyl sites for hydroxylation is 1. The number of halogens is 3. The maximum absolute atomic E-state index is 13.7. The number of carbonyl (C=O) groups is 1. The molecule has 0 aromatic carbocycles. The van der Waals surface area contributed by atoms with Crippen LogP contribution in [0.1, 0.15) is 23.8 Å². The zero-order valence-electron chi connectivity index (χ0n) is 19.6. The zero-order chi connectivity index (χ0) is 26.4. The molecule has 1 aliphatic rings. The Hall–Kier alpha value is -4.33. The number of pyridine rings is 1. The fourth-order valence-corrected chi connectivity index (χ4v) is 4.04. The van der Waals surface area contributed by atoms with Gasteiger partial charge < -0.3 is 19.8 Å². The van der Waals surface area contributed by atoms with E-state index in [-0.39, 0.29) is 35.1 Å². The molecule has 11 nitrogen and oxygen atoms in total. The van der Waals surface area contributed by atoms with E-state index in [4.69, 9.17) is 4.52 Å². The van der Waals surface area contributed by atoms with Crippen LogP contribution in [0.15, 0.2) is 53.4 Å². The molecule has 1 aliphatic heterocycles. The largest absolute Gasteiger partial charge is 0.412 e. The molecule has 1 fully saturated rings. The molecule has 192 valence electrons. The molecular weight excluding hydrogens is 493 g/mol. The van der Waals surface area contributed by atoms with Gasteiger partial charge in [0.1, 0.15) is 5.69 Å². The molecule has 0 spiro atoms. The Morgan fingerprint density at radius 3 is 2.51 bits per heavy atom. The Morgan fingerprint density at radius 1 is 1.14 bits per heavy atom. The summed E-state index contributed by atoms with van der Waals surface area (Å²) in [5, 5.41) is 20.9. The average Bonchev–Trinajstić information content (AvgIpc) is 3.60. The third-order valence-electron chi connectivity index (χ3n) is 6.02. The summed E-state index contributed by atoms with van der Waals surface area (Å²) >= 11 is 0. The smallest absolute Gasteiger partial charge is 0.373 e. The van der Waals surface area contributed by atoms with E-state index < -0.39 is 23.7 Å². The predicted octanol–water partition coefficient (Wildman–Crippen LogP) is 2.69. The molecule has 2 atom stereocenters. The maximum Gasteiger partial charge on any atom is 0.412 e. The van der Waals surface area contributed by atoms with Crippen molar-refractivity contribution in [1.82, 2.24) is 34.8 Å². The first-order valence-corrected chi connectivity index (χ1v) is 11.1. The van der Waals surface area contributed by atoms with Crippen molar-refractivity contribution in [2.45, 2.75) is 24.2 Å². The summed E-state index contributed by atoms with van der Waals surface area (Å²) in [5.74, 6) is -0.724. The fraction of sp³-hybridized carbons (Fsp3) is 0.304. The van der Waals surface area contributed by atoms with E-state index in [1.54, 1.807) is 25.2 Å². The number of rotatable bonds is 6. The number of aromatic nitrogens is 6. The molecule has 4 aromatic heterocycles. The SMILES string of the molecule is CN1CC[C@@](O)(c2cc(-c3cccc(-c4ccnc(NC(c5cnn(C)c5)C(F)(F)F)n4)n3)no2)C1=O. The van der Waals surface area contributed by atoms with Gasteiger partial charge in [0, 0.05) is 51.1 Å². The van der Waals surface area contributed by atoms with Crippen molar-refractivity contribution < 1.29 is 27.6 Å². The summed E-state index contributed by atoms with van der Waals surface area (Å²) in [7, 11) is 3.11. The van der Waals surface area contributed by atoms with Crippen LogP contribution < -0.4 is 5.32 Å². The molecule has 14 heteroatoms. The van der Waals surface area contributed by atoms with E-state index in [1.165, 1.54) is 41.2 Å². The van der Waals surface area contributed by atoms with Crippen LogP contribution in [0, 0.1) is 0 Å². The van der Waals surface area contributed by atoms with Crippen molar-refractivity contribution in [2.24, 2.45) is 7.05 Å². The van der Waals surface area contributed by atoms with Crippen LogP contribution in [0.5, 0.6) is 0 Å². The number of likely N-dealkylation sites (tertiary alicyclic amines) is 1. The van der Waals surface area contributed by atoms with Gasteiger partial charge in [0.15, 0.2) is 11.8 Å². The lowest BCUT2D eigenvalue weighted by Crippen LogP contribution is -2.35. The summed E-state index contributed by atoms with van der Waals surface area (Å²) in [5.41, 5.74) is -0.650. The Kier molecular flexibility index (Phi) is 5.90. The van der Waals surface area contributed by atoms with E-state index in [0.29, 0.717) is 17.9 Å². The minimum absolute atomic E-state index is 0.00571. The standard InChI is InChI=1S/C23H21F3N8O3/c1-33-9-7-22(36,20(33)35)18-10-17(32-37-18)15-5-3-4-14(29-15)16-6-8-27-21(30-16)31-19(23(24,25)26)13-11-28-34(2)12-13/h3-6,8,10-12,19,36H,7,9H2,1-2H3,(H,27,30,31)/t19?,22-/m1/s1. The predicted molar refractivity (Wildman–Crippen MR) is 123 cm³/mol. The number of alkyl halides is 3. The van der Waals surface area contributed by atoms with Crippen molar-refractivity contribution in [1.29, 1.82) is 0 Å². The molecule has 4 aromatic rings. The Bertz CT molecular complexity index is 1450. The summed E-state index contributed by atoms with van der Waals surface area (Å²) in [6, 6.07) is 5.82. The number of aliphatic hydroxyl groups is 1. The molecular formula is C23H21F3N8O3. The van der Waals surface area contributed by atoms with Crippen LogP contribution in [0.25, 0.3) is 22.8 Å². The number of amides is 1. The minimum atomic E-state index is -4.62. The van der Waals surface area contributed by atoms with Crippen molar-refractivity contribution in [2.75, 3.05) is 18.9 Å². The van der Waals surface area contributed by atoms with E-state index >= 15 is 0 Å². The van der Waals surface area contributed by atoms with Crippen LogP contribution in [0.2, 0.25) is 0 Å². The van der Waals surface area contributed by atoms with E-state index in [0.717, 1.165) is 6.20 Å². The van der Waals surface area contributed by atoms with Crippen LogP contribution >= 0.6 is 0 Å². The normalized spacial score (nSPS) is 18.9. The number of nitrogens with zero attached hydrogens (tertiary/aromatic N) is 7. The fourth-order valence-electron chi connectivity index (χ4n) is 4.04. The first kappa shape index (κ1) is 24.4. The molecule has 1 amide bonds. The molecule has 0 bridgehead atoms. The second-order valence-corrected chi connectivity index (χ2v) is 8.65. The van der Waals surface area contributed by atoms with E-state index in [9.17, 15) is 23.1 Å². The number of hydrogen-bond donors (Lipinski definition) is 2. The van der Waals surface area contributed by atoms with Crippen molar-refractivity contribution in [3.8, 4) is 22.8 Å². The van der Waals surface area contributed by atoms with Gasteiger partial charge in [-0.15, -0.1) is 0 Å². The van der Waals surface area contributed by atoms with Gasteiger partial charge in [0.25, 0.3) is 5.91 Å². The highest BCUT2D eigenvalue weighted by molar-refractivity contribution is 5.87. The number of hydrogen-bond acceptors (Lipinski definition) is 9. The van der Waals surface area contributed by atoms with Gasteiger partial charge in [-0.25, -0.2) is 15.0 Å². The molecule has 0 aliphatic carbocycles. The van der Waals surface area contributed by atoms with Gasteiger partial charge in [-0.2, -0.15) is 18.3 Å².